The zero-order chi connectivity index (χ0) is 13.2. The number of amides is 2. The predicted octanol–water partition coefficient (Wildman–Crippen LogP) is 0.0943. The summed E-state index contributed by atoms with van der Waals surface area (Å²) in [6, 6.07) is 6.86. The Morgan fingerprint density at radius 1 is 1.26 bits per heavy atom. The van der Waals surface area contributed by atoms with Crippen LogP contribution in [0.3, 0.4) is 0 Å². The van der Waals surface area contributed by atoms with Crippen LogP contribution in [-0.4, -0.2) is 32.6 Å². The molecule has 2 aromatic rings. The van der Waals surface area contributed by atoms with E-state index in [2.05, 4.69) is 20.7 Å². The lowest BCUT2D eigenvalue weighted by molar-refractivity contribution is -0.124. The van der Waals surface area contributed by atoms with Crippen molar-refractivity contribution in [2.75, 3.05) is 5.32 Å². The van der Waals surface area contributed by atoms with Gasteiger partial charge in [0.1, 0.15) is 18.7 Å². The molecule has 1 aliphatic heterocycles. The molecule has 0 saturated carbocycles. The van der Waals surface area contributed by atoms with E-state index in [0.29, 0.717) is 0 Å². The van der Waals surface area contributed by atoms with Crippen LogP contribution in [0.2, 0.25) is 0 Å². The van der Waals surface area contributed by atoms with Gasteiger partial charge in [-0.3, -0.25) is 14.9 Å². The first-order valence-electron chi connectivity index (χ1n) is 5.78. The number of benzene rings is 1. The Hall–Kier alpha value is -2.70. The van der Waals surface area contributed by atoms with Crippen LogP contribution in [0.1, 0.15) is 6.42 Å². The second kappa shape index (κ2) is 4.52. The number of rotatable bonds is 3. The molecule has 1 atom stereocenters. The summed E-state index contributed by atoms with van der Waals surface area (Å²) in [5.41, 5.74) is 1.65. The largest absolute Gasteiger partial charge is 0.373 e. The lowest BCUT2D eigenvalue weighted by atomic mass is 10.2. The third-order valence-electron chi connectivity index (χ3n) is 2.86. The van der Waals surface area contributed by atoms with Gasteiger partial charge >= 0.3 is 0 Å². The van der Waals surface area contributed by atoms with Crippen molar-refractivity contribution in [2.24, 2.45) is 0 Å². The lowest BCUT2D eigenvalue weighted by Crippen LogP contribution is -2.29. The van der Waals surface area contributed by atoms with Crippen LogP contribution in [-0.2, 0) is 9.59 Å². The molecule has 1 aromatic carbocycles. The quantitative estimate of drug-likeness (QED) is 0.761. The molecule has 7 nitrogen and oxygen atoms in total. The van der Waals surface area contributed by atoms with Crippen molar-refractivity contribution in [2.45, 2.75) is 12.5 Å². The lowest BCUT2D eigenvalue weighted by Gasteiger charge is -2.11. The number of hydrogen-bond acceptors (Lipinski definition) is 5. The molecule has 7 heteroatoms. The molecule has 0 spiro atoms. The molecule has 1 saturated heterocycles. The molecular formula is C12H11N5O2. The number of imide groups is 1. The zero-order valence-corrected chi connectivity index (χ0v) is 9.91. The van der Waals surface area contributed by atoms with Gasteiger partial charge in [-0.05, 0) is 24.3 Å². The molecule has 19 heavy (non-hydrogen) atoms. The summed E-state index contributed by atoms with van der Waals surface area (Å²) < 4.78 is 1.63. The monoisotopic (exact) mass is 257 g/mol. The molecule has 1 aromatic heterocycles. The minimum Gasteiger partial charge on any atom is -0.373 e. The van der Waals surface area contributed by atoms with Gasteiger partial charge in [0.05, 0.1) is 12.1 Å². The van der Waals surface area contributed by atoms with E-state index in [9.17, 15) is 9.59 Å². The molecular weight excluding hydrogens is 246 g/mol. The number of anilines is 1. The normalized spacial score (nSPS) is 18.4. The summed E-state index contributed by atoms with van der Waals surface area (Å²) in [4.78, 5) is 26.4. The average Bonchev–Trinajstić information content (AvgIpc) is 3.01. The molecule has 3 rings (SSSR count). The number of nitrogens with zero attached hydrogens (tertiary/aromatic N) is 3. The number of hydrogen-bond donors (Lipinski definition) is 2. The standard InChI is InChI=1S/C12H11N5O2/c18-11-5-10(12(19)16-11)15-8-1-3-9(4-2-8)17-7-13-6-14-17/h1-4,6-7,10,15H,5H2,(H,16,18,19). The van der Waals surface area contributed by atoms with Crippen LogP contribution in [0.5, 0.6) is 0 Å². The van der Waals surface area contributed by atoms with E-state index in [1.165, 1.54) is 6.33 Å². The topological polar surface area (TPSA) is 88.9 Å². The van der Waals surface area contributed by atoms with Crippen LogP contribution >= 0.6 is 0 Å². The number of aromatic nitrogens is 3. The Morgan fingerprint density at radius 2 is 2.05 bits per heavy atom. The fourth-order valence-corrected chi connectivity index (χ4v) is 1.92. The first kappa shape index (κ1) is 11.4. The van der Waals surface area contributed by atoms with Crippen molar-refractivity contribution in [3.05, 3.63) is 36.9 Å². The Bertz CT molecular complexity index is 606. The van der Waals surface area contributed by atoms with Crippen molar-refractivity contribution in [1.29, 1.82) is 0 Å². The Balaban J connectivity index is 1.73. The molecule has 2 heterocycles. The number of carbonyl (C=O) groups excluding carboxylic acids is 2. The third-order valence-corrected chi connectivity index (χ3v) is 2.86. The highest BCUT2D eigenvalue weighted by Gasteiger charge is 2.30. The van der Waals surface area contributed by atoms with Gasteiger partial charge in [-0.25, -0.2) is 9.67 Å². The predicted molar refractivity (Wildman–Crippen MR) is 66.5 cm³/mol. The van der Waals surface area contributed by atoms with Crippen molar-refractivity contribution in [3.8, 4) is 5.69 Å². The summed E-state index contributed by atoms with van der Waals surface area (Å²) in [6.07, 6.45) is 3.23. The summed E-state index contributed by atoms with van der Waals surface area (Å²) >= 11 is 0. The van der Waals surface area contributed by atoms with Crippen molar-refractivity contribution < 1.29 is 9.59 Å². The zero-order valence-electron chi connectivity index (χ0n) is 9.91. The third kappa shape index (κ3) is 2.30. The average molecular weight is 257 g/mol. The van der Waals surface area contributed by atoms with Crippen molar-refractivity contribution in [3.63, 3.8) is 0 Å². The first-order valence-corrected chi connectivity index (χ1v) is 5.78. The molecule has 2 amide bonds. The van der Waals surface area contributed by atoms with Crippen LogP contribution < -0.4 is 10.6 Å². The van der Waals surface area contributed by atoms with Gasteiger partial charge in [-0.15, -0.1) is 0 Å². The minimum atomic E-state index is -0.496. The van der Waals surface area contributed by atoms with Crippen molar-refractivity contribution in [1.82, 2.24) is 20.1 Å². The van der Waals surface area contributed by atoms with Crippen LogP contribution in [0.25, 0.3) is 5.69 Å². The van der Waals surface area contributed by atoms with Crippen LogP contribution in [0.15, 0.2) is 36.9 Å². The Morgan fingerprint density at radius 3 is 2.63 bits per heavy atom. The fraction of sp³-hybridized carbons (Fsp3) is 0.167. The van der Waals surface area contributed by atoms with Crippen LogP contribution in [0.4, 0.5) is 5.69 Å². The summed E-state index contributed by atoms with van der Waals surface area (Å²) in [5.74, 6) is -0.535. The van der Waals surface area contributed by atoms with Gasteiger partial charge in [0.15, 0.2) is 0 Å². The molecule has 0 radical (unpaired) electrons. The number of carbonyl (C=O) groups is 2. The van der Waals surface area contributed by atoms with E-state index >= 15 is 0 Å². The molecule has 0 aliphatic carbocycles. The maximum atomic E-state index is 11.4. The summed E-state index contributed by atoms with van der Waals surface area (Å²) in [6.45, 7) is 0. The van der Waals surface area contributed by atoms with Gasteiger partial charge < -0.3 is 5.32 Å². The molecule has 2 N–H and O–H groups in total. The summed E-state index contributed by atoms with van der Waals surface area (Å²) in [5, 5.41) is 9.29. The fourth-order valence-electron chi connectivity index (χ4n) is 1.92. The van der Waals surface area contributed by atoms with E-state index in [1.807, 2.05) is 24.3 Å². The number of nitrogens with one attached hydrogen (secondary N) is 2. The molecule has 0 bridgehead atoms. The highest BCUT2D eigenvalue weighted by molar-refractivity contribution is 6.06. The second-order valence-electron chi connectivity index (χ2n) is 4.20. The van der Waals surface area contributed by atoms with Gasteiger partial charge in [0, 0.05) is 5.69 Å². The van der Waals surface area contributed by atoms with Gasteiger partial charge in [0.2, 0.25) is 11.8 Å². The Labute approximate surface area is 108 Å². The van der Waals surface area contributed by atoms with Gasteiger partial charge in [0.25, 0.3) is 0 Å². The SMILES string of the molecule is O=C1CC(Nc2ccc(-n3cncn3)cc2)C(=O)N1. The molecule has 1 unspecified atom stereocenters. The Kier molecular flexibility index (Phi) is 2.71. The van der Waals surface area contributed by atoms with Gasteiger partial charge in [-0.1, -0.05) is 0 Å². The second-order valence-corrected chi connectivity index (χ2v) is 4.20. The minimum absolute atomic E-state index is 0.170. The van der Waals surface area contributed by atoms with Crippen molar-refractivity contribution >= 4 is 17.5 Å². The van der Waals surface area contributed by atoms with E-state index in [0.717, 1.165) is 11.4 Å². The molecule has 1 fully saturated rings. The van der Waals surface area contributed by atoms with Gasteiger partial charge in [-0.2, -0.15) is 5.10 Å². The first-order chi connectivity index (χ1) is 9.22. The smallest absolute Gasteiger partial charge is 0.249 e. The van der Waals surface area contributed by atoms with Crippen LogP contribution in [0, 0.1) is 0 Å². The molecule has 96 valence electrons. The van der Waals surface area contributed by atoms with E-state index in [1.54, 1.807) is 11.0 Å². The van der Waals surface area contributed by atoms with E-state index in [-0.39, 0.29) is 18.2 Å². The summed E-state index contributed by atoms with van der Waals surface area (Å²) in [7, 11) is 0. The maximum absolute atomic E-state index is 11.4. The highest BCUT2D eigenvalue weighted by atomic mass is 16.2. The molecule has 1 aliphatic rings. The maximum Gasteiger partial charge on any atom is 0.249 e. The van der Waals surface area contributed by atoms with E-state index in [4.69, 9.17) is 0 Å². The van der Waals surface area contributed by atoms with E-state index < -0.39 is 6.04 Å². The highest BCUT2D eigenvalue weighted by Crippen LogP contribution is 2.15.